The Labute approximate surface area is 159 Å². The number of nitrogens with zero attached hydrogens (tertiary/aromatic N) is 1. The van der Waals surface area contributed by atoms with Crippen LogP contribution >= 0.6 is 0 Å². The first-order chi connectivity index (χ1) is 13.0. The van der Waals surface area contributed by atoms with Gasteiger partial charge in [0, 0.05) is 0 Å². The molecular weight excluding hydrogens is 340 g/mol. The monoisotopic (exact) mass is 364 g/mol. The van der Waals surface area contributed by atoms with E-state index < -0.39 is 0 Å². The van der Waals surface area contributed by atoms with Crippen LogP contribution in [0.1, 0.15) is 41.1 Å². The first kappa shape index (κ1) is 18.7. The van der Waals surface area contributed by atoms with E-state index in [1.165, 1.54) is 0 Å². The molecule has 1 atom stereocenters. The lowest BCUT2D eigenvalue weighted by atomic mass is 10.1. The molecule has 1 amide bonds. The Bertz CT molecular complexity index is 866. The van der Waals surface area contributed by atoms with Crippen molar-refractivity contribution in [3.05, 3.63) is 82.7 Å². The zero-order valence-electron chi connectivity index (χ0n) is 15.9. The molecule has 0 aliphatic heterocycles. The van der Waals surface area contributed by atoms with Crippen LogP contribution in [0.5, 0.6) is 5.75 Å². The summed E-state index contributed by atoms with van der Waals surface area (Å²) in [6, 6.07) is 17.5. The van der Waals surface area contributed by atoms with Gasteiger partial charge in [0.2, 0.25) is 5.91 Å². The van der Waals surface area contributed by atoms with Crippen molar-refractivity contribution in [1.82, 2.24) is 10.5 Å². The zero-order chi connectivity index (χ0) is 19.2. The number of hydrogen-bond acceptors (Lipinski definition) is 4. The number of carbonyl (C=O) groups excluding carboxylic acids is 1. The molecule has 1 aromatic heterocycles. The number of rotatable bonds is 7. The number of aryl methyl sites for hydroxylation is 2. The van der Waals surface area contributed by atoms with Crippen LogP contribution in [0.4, 0.5) is 0 Å². The van der Waals surface area contributed by atoms with Gasteiger partial charge in [0.1, 0.15) is 18.1 Å². The van der Waals surface area contributed by atoms with Gasteiger partial charge in [-0.05, 0) is 44.0 Å². The van der Waals surface area contributed by atoms with Gasteiger partial charge in [0.25, 0.3) is 0 Å². The first-order valence-electron chi connectivity index (χ1n) is 9.00. The number of nitrogens with one attached hydrogen (secondary N) is 1. The summed E-state index contributed by atoms with van der Waals surface area (Å²) in [5.41, 5.74) is 3.84. The van der Waals surface area contributed by atoms with Crippen molar-refractivity contribution in [2.75, 3.05) is 0 Å². The lowest BCUT2D eigenvalue weighted by Crippen LogP contribution is -2.28. The van der Waals surface area contributed by atoms with E-state index in [1.807, 2.05) is 75.4 Å². The Morgan fingerprint density at radius 2 is 1.81 bits per heavy atom. The highest BCUT2D eigenvalue weighted by Crippen LogP contribution is 2.18. The molecule has 0 unspecified atom stereocenters. The smallest absolute Gasteiger partial charge is 0.224 e. The number of aromatic nitrogens is 1. The van der Waals surface area contributed by atoms with Crippen LogP contribution in [0, 0.1) is 13.8 Å². The van der Waals surface area contributed by atoms with Crippen LogP contribution in [-0.2, 0) is 17.8 Å². The molecule has 140 valence electrons. The third-order valence-electron chi connectivity index (χ3n) is 4.53. The number of benzene rings is 2. The molecule has 2 aromatic carbocycles. The second-order valence-corrected chi connectivity index (χ2v) is 6.61. The lowest BCUT2D eigenvalue weighted by molar-refractivity contribution is -0.121. The molecule has 5 heteroatoms. The van der Waals surface area contributed by atoms with E-state index >= 15 is 0 Å². The predicted molar refractivity (Wildman–Crippen MR) is 103 cm³/mol. The molecular formula is C22H24N2O3. The van der Waals surface area contributed by atoms with Crippen LogP contribution in [-0.4, -0.2) is 11.1 Å². The number of amides is 1. The van der Waals surface area contributed by atoms with Crippen molar-refractivity contribution >= 4 is 5.91 Å². The Kier molecular flexibility index (Phi) is 5.91. The molecule has 0 saturated heterocycles. The normalized spacial score (nSPS) is 11.8. The highest BCUT2D eigenvalue weighted by Gasteiger charge is 2.11. The fourth-order valence-electron chi connectivity index (χ4n) is 2.87. The third-order valence-corrected chi connectivity index (χ3v) is 4.53. The molecule has 0 saturated carbocycles. The molecule has 0 aliphatic rings. The predicted octanol–water partition coefficient (Wildman–Crippen LogP) is 4.29. The maximum Gasteiger partial charge on any atom is 0.224 e. The van der Waals surface area contributed by atoms with Gasteiger partial charge in [0.05, 0.1) is 23.7 Å². The van der Waals surface area contributed by atoms with E-state index in [4.69, 9.17) is 9.26 Å². The Hall–Kier alpha value is -3.08. The lowest BCUT2D eigenvalue weighted by Gasteiger charge is -2.14. The second kappa shape index (κ2) is 8.54. The highest BCUT2D eigenvalue weighted by molar-refractivity contribution is 5.79. The van der Waals surface area contributed by atoms with E-state index in [0.717, 1.165) is 33.9 Å². The zero-order valence-corrected chi connectivity index (χ0v) is 15.9. The van der Waals surface area contributed by atoms with Crippen LogP contribution in [0.25, 0.3) is 0 Å². The Morgan fingerprint density at radius 1 is 1.11 bits per heavy atom. The summed E-state index contributed by atoms with van der Waals surface area (Å²) in [7, 11) is 0. The molecule has 0 spiro atoms. The van der Waals surface area contributed by atoms with Crippen LogP contribution in [0.15, 0.2) is 59.1 Å². The van der Waals surface area contributed by atoms with Gasteiger partial charge in [-0.15, -0.1) is 0 Å². The van der Waals surface area contributed by atoms with Gasteiger partial charge in [-0.25, -0.2) is 0 Å². The quantitative estimate of drug-likeness (QED) is 0.679. The minimum Gasteiger partial charge on any atom is -0.489 e. The van der Waals surface area contributed by atoms with Gasteiger partial charge in [-0.3, -0.25) is 4.79 Å². The molecule has 0 bridgehead atoms. The minimum atomic E-state index is -0.0173. The van der Waals surface area contributed by atoms with E-state index in [0.29, 0.717) is 13.0 Å². The van der Waals surface area contributed by atoms with Gasteiger partial charge in [-0.1, -0.05) is 47.6 Å². The molecule has 3 rings (SSSR count). The molecule has 1 N–H and O–H groups in total. The molecule has 27 heavy (non-hydrogen) atoms. The number of carbonyl (C=O) groups is 1. The summed E-state index contributed by atoms with van der Waals surface area (Å²) in [6.45, 7) is 6.17. The van der Waals surface area contributed by atoms with Crippen LogP contribution in [0.2, 0.25) is 0 Å². The molecule has 0 fully saturated rings. The van der Waals surface area contributed by atoms with Gasteiger partial charge < -0.3 is 14.6 Å². The van der Waals surface area contributed by atoms with Gasteiger partial charge in [-0.2, -0.15) is 0 Å². The van der Waals surface area contributed by atoms with Gasteiger partial charge >= 0.3 is 0 Å². The maximum atomic E-state index is 12.3. The van der Waals surface area contributed by atoms with Crippen molar-refractivity contribution in [2.24, 2.45) is 0 Å². The van der Waals surface area contributed by atoms with Crippen LogP contribution in [0.3, 0.4) is 0 Å². The maximum absolute atomic E-state index is 12.3. The second-order valence-electron chi connectivity index (χ2n) is 6.61. The first-order valence-corrected chi connectivity index (χ1v) is 9.00. The van der Waals surface area contributed by atoms with E-state index in [1.54, 1.807) is 0 Å². The fourth-order valence-corrected chi connectivity index (χ4v) is 2.87. The SMILES string of the molecule is Cc1noc(C)c1COc1ccc(CC(=O)N[C@@H](C)c2ccccc2)cc1. The van der Waals surface area contributed by atoms with Gasteiger partial charge in [0.15, 0.2) is 0 Å². The molecule has 3 aromatic rings. The minimum absolute atomic E-state index is 0.00394. The van der Waals surface area contributed by atoms with Crippen molar-refractivity contribution in [3.8, 4) is 5.75 Å². The average molecular weight is 364 g/mol. The average Bonchev–Trinajstić information content (AvgIpc) is 2.99. The standard InChI is InChI=1S/C22H24N2O3/c1-15(19-7-5-4-6-8-19)23-22(25)13-18-9-11-20(12-10-18)26-14-21-16(2)24-27-17(21)3/h4-12,15H,13-14H2,1-3H3,(H,23,25)/t15-/m0/s1. The summed E-state index contributed by atoms with van der Waals surface area (Å²) in [6.07, 6.45) is 0.335. The number of ether oxygens (including phenoxy) is 1. The van der Waals surface area contributed by atoms with E-state index in [2.05, 4.69) is 10.5 Å². The van der Waals surface area contributed by atoms with Crippen molar-refractivity contribution in [2.45, 2.75) is 39.8 Å². The van der Waals surface area contributed by atoms with Crippen molar-refractivity contribution in [3.63, 3.8) is 0 Å². The fraction of sp³-hybridized carbons (Fsp3) is 0.273. The van der Waals surface area contributed by atoms with E-state index in [-0.39, 0.29) is 11.9 Å². The van der Waals surface area contributed by atoms with Crippen LogP contribution < -0.4 is 10.1 Å². The largest absolute Gasteiger partial charge is 0.489 e. The Balaban J connectivity index is 1.52. The van der Waals surface area contributed by atoms with Crippen molar-refractivity contribution < 1.29 is 14.1 Å². The molecule has 0 radical (unpaired) electrons. The third kappa shape index (κ3) is 4.97. The summed E-state index contributed by atoms with van der Waals surface area (Å²) < 4.78 is 10.9. The summed E-state index contributed by atoms with van der Waals surface area (Å²) >= 11 is 0. The topological polar surface area (TPSA) is 64.4 Å². The summed E-state index contributed by atoms with van der Waals surface area (Å²) in [5.74, 6) is 1.51. The molecule has 0 aliphatic carbocycles. The highest BCUT2D eigenvalue weighted by atomic mass is 16.5. The van der Waals surface area contributed by atoms with E-state index in [9.17, 15) is 4.79 Å². The summed E-state index contributed by atoms with van der Waals surface area (Å²) in [4.78, 5) is 12.3. The van der Waals surface area contributed by atoms with Crippen molar-refractivity contribution in [1.29, 1.82) is 0 Å². The number of hydrogen-bond donors (Lipinski definition) is 1. The molecule has 1 heterocycles. The summed E-state index contributed by atoms with van der Waals surface area (Å²) in [5, 5.41) is 6.95. The Morgan fingerprint density at radius 3 is 2.44 bits per heavy atom. The molecule has 5 nitrogen and oxygen atoms in total.